The summed E-state index contributed by atoms with van der Waals surface area (Å²) in [6.07, 6.45) is 5.72. The van der Waals surface area contributed by atoms with E-state index in [1.807, 2.05) is 36.5 Å². The molecular weight excluding hydrogens is 572 g/mol. The molecule has 10 nitrogen and oxygen atoms in total. The number of hydrogen-bond donors (Lipinski definition) is 5. The van der Waals surface area contributed by atoms with Gasteiger partial charge in [-0.3, -0.25) is 9.59 Å². The molecule has 0 radical (unpaired) electrons. The lowest BCUT2D eigenvalue weighted by atomic mass is 9.70. The summed E-state index contributed by atoms with van der Waals surface area (Å²) in [4.78, 5) is 54.2. The molecule has 2 fully saturated rings. The van der Waals surface area contributed by atoms with Crippen molar-refractivity contribution >= 4 is 34.8 Å². The molecule has 3 aromatic rings. The standard InChI is InChI=1S/C35H42N4O6/c1-33(2)24-16-17-34(33,3)28(18-24)45-32(44)39-35(4,19-23-20-36-26-13-9-8-12-25(23)26)31(43)37-21-27(22-10-6-5-7-11-22)38-29(40)14-15-30(41)42/h5-15,20,24,27-28,36H,16-19,21H2,1-4H3,(H,37,43)(H,38,40)(H,39,44)(H,41,42)/t24-,27+,28-,34?,35-/m0/s1. The summed E-state index contributed by atoms with van der Waals surface area (Å²) in [5.41, 5.74) is 0.983. The zero-order valence-electron chi connectivity index (χ0n) is 26.2. The number of aliphatic carboxylic acids is 1. The zero-order chi connectivity index (χ0) is 32.4. The van der Waals surface area contributed by atoms with Crippen molar-refractivity contribution in [2.75, 3.05) is 6.54 Å². The van der Waals surface area contributed by atoms with Crippen LogP contribution in [0.5, 0.6) is 0 Å². The van der Waals surface area contributed by atoms with Gasteiger partial charge in [-0.25, -0.2) is 9.59 Å². The van der Waals surface area contributed by atoms with Crippen molar-refractivity contribution in [1.82, 2.24) is 20.9 Å². The molecule has 238 valence electrons. The number of carboxylic acids is 1. The van der Waals surface area contributed by atoms with Crippen LogP contribution in [0.1, 0.15) is 64.1 Å². The summed E-state index contributed by atoms with van der Waals surface area (Å²) in [5, 5.41) is 18.4. The molecule has 5 atom stereocenters. The van der Waals surface area contributed by atoms with E-state index < -0.39 is 35.5 Å². The van der Waals surface area contributed by atoms with Gasteiger partial charge in [0.15, 0.2) is 0 Å². The third kappa shape index (κ3) is 6.45. The molecule has 2 bridgehead atoms. The van der Waals surface area contributed by atoms with Crippen LogP contribution in [0.4, 0.5) is 4.79 Å². The maximum absolute atomic E-state index is 14.0. The van der Waals surface area contributed by atoms with Gasteiger partial charge in [0.25, 0.3) is 0 Å². The average Bonchev–Trinajstić information content (AvgIpc) is 3.57. The van der Waals surface area contributed by atoms with E-state index in [0.717, 1.165) is 47.9 Å². The molecule has 0 saturated heterocycles. The Bertz CT molecular complexity index is 1610. The van der Waals surface area contributed by atoms with Gasteiger partial charge in [0, 0.05) is 47.6 Å². The fourth-order valence-electron chi connectivity index (χ4n) is 7.23. The smallest absolute Gasteiger partial charge is 0.408 e. The highest BCUT2D eigenvalue weighted by Crippen LogP contribution is 2.66. The highest BCUT2D eigenvalue weighted by atomic mass is 16.6. The molecule has 10 heteroatoms. The fourth-order valence-corrected chi connectivity index (χ4v) is 7.23. The molecule has 5 N–H and O–H groups in total. The van der Waals surface area contributed by atoms with Gasteiger partial charge in [-0.1, -0.05) is 69.3 Å². The van der Waals surface area contributed by atoms with Gasteiger partial charge < -0.3 is 30.8 Å². The van der Waals surface area contributed by atoms with Crippen LogP contribution >= 0.6 is 0 Å². The molecule has 3 amide bonds. The van der Waals surface area contributed by atoms with Crippen LogP contribution in [0.3, 0.4) is 0 Å². The molecule has 2 aliphatic rings. The average molecular weight is 615 g/mol. The van der Waals surface area contributed by atoms with Gasteiger partial charge in [-0.2, -0.15) is 0 Å². The molecule has 1 heterocycles. The Morgan fingerprint density at radius 3 is 2.44 bits per heavy atom. The minimum atomic E-state index is -1.41. The van der Waals surface area contributed by atoms with Crippen molar-refractivity contribution in [2.24, 2.45) is 16.7 Å². The Morgan fingerprint density at radius 1 is 1.07 bits per heavy atom. The van der Waals surface area contributed by atoms with Crippen LogP contribution < -0.4 is 16.0 Å². The van der Waals surface area contributed by atoms with Crippen molar-refractivity contribution in [2.45, 2.75) is 71.1 Å². The second-order valence-electron chi connectivity index (χ2n) is 13.4. The van der Waals surface area contributed by atoms with Gasteiger partial charge in [0.1, 0.15) is 11.6 Å². The minimum Gasteiger partial charge on any atom is -0.478 e. The van der Waals surface area contributed by atoms with Gasteiger partial charge in [0.05, 0.1) is 6.04 Å². The number of amides is 3. The Morgan fingerprint density at radius 2 is 1.78 bits per heavy atom. The molecular formula is C35H42N4O6. The van der Waals surface area contributed by atoms with Gasteiger partial charge in [-0.15, -0.1) is 0 Å². The van der Waals surface area contributed by atoms with E-state index in [0.29, 0.717) is 11.5 Å². The normalized spacial score (nSPS) is 23.7. The Balaban J connectivity index is 1.36. The third-order valence-electron chi connectivity index (χ3n) is 10.4. The highest BCUT2D eigenvalue weighted by molar-refractivity contribution is 5.94. The van der Waals surface area contributed by atoms with Crippen LogP contribution in [-0.4, -0.2) is 52.2 Å². The maximum Gasteiger partial charge on any atom is 0.408 e. The van der Waals surface area contributed by atoms with Crippen LogP contribution in [0.25, 0.3) is 10.9 Å². The fraction of sp³-hybridized carbons (Fsp3) is 0.429. The number of alkyl carbamates (subject to hydrolysis) is 1. The Hall–Kier alpha value is -4.60. The number of H-pyrrole nitrogens is 1. The minimum absolute atomic E-state index is 0.00767. The number of nitrogens with one attached hydrogen (secondary N) is 4. The number of carbonyl (C=O) groups excluding carboxylic acids is 3. The summed E-state index contributed by atoms with van der Waals surface area (Å²) in [7, 11) is 0. The lowest BCUT2D eigenvalue weighted by molar-refractivity contribution is -0.131. The van der Waals surface area contributed by atoms with E-state index in [1.165, 1.54) is 0 Å². The first-order chi connectivity index (χ1) is 21.3. The van der Waals surface area contributed by atoms with Crippen molar-refractivity contribution in [1.29, 1.82) is 0 Å². The molecule has 0 aliphatic heterocycles. The quantitative estimate of drug-likeness (QED) is 0.191. The van der Waals surface area contributed by atoms with Crippen molar-refractivity contribution in [3.63, 3.8) is 0 Å². The number of hydrogen-bond acceptors (Lipinski definition) is 5. The number of carbonyl (C=O) groups is 4. The largest absolute Gasteiger partial charge is 0.478 e. The van der Waals surface area contributed by atoms with E-state index in [9.17, 15) is 19.2 Å². The first-order valence-corrected chi connectivity index (χ1v) is 15.4. The molecule has 2 saturated carbocycles. The first kappa shape index (κ1) is 31.8. The van der Waals surface area contributed by atoms with Crippen LogP contribution in [0, 0.1) is 16.7 Å². The van der Waals surface area contributed by atoms with Crippen LogP contribution in [-0.2, 0) is 25.5 Å². The van der Waals surface area contributed by atoms with E-state index in [4.69, 9.17) is 9.84 Å². The number of para-hydroxylation sites is 1. The highest BCUT2D eigenvalue weighted by Gasteiger charge is 2.63. The Kier molecular flexibility index (Phi) is 8.78. The summed E-state index contributed by atoms with van der Waals surface area (Å²) in [5.74, 6) is -1.84. The van der Waals surface area contributed by atoms with Crippen LogP contribution in [0.2, 0.25) is 0 Å². The third-order valence-corrected chi connectivity index (χ3v) is 10.4. The lowest BCUT2D eigenvalue weighted by Crippen LogP contribution is -2.59. The summed E-state index contributed by atoms with van der Waals surface area (Å²) in [6.45, 7) is 8.36. The molecule has 2 aromatic carbocycles. The molecule has 2 aliphatic carbocycles. The second-order valence-corrected chi connectivity index (χ2v) is 13.4. The van der Waals surface area contributed by atoms with Crippen LogP contribution in [0.15, 0.2) is 72.9 Å². The SMILES string of the molecule is CC1(C)[C@H]2CCC1(C)[C@@H](OC(=O)N[C@@](C)(Cc1c[nH]c3ccccc13)C(=O)NC[C@@H](NC(=O)C=CC(=O)O)c1ccccc1)C2. The molecule has 5 rings (SSSR count). The monoisotopic (exact) mass is 614 g/mol. The van der Waals surface area contributed by atoms with E-state index in [1.54, 1.807) is 31.2 Å². The topological polar surface area (TPSA) is 150 Å². The number of ether oxygens (including phenoxy) is 1. The number of fused-ring (bicyclic) bond motifs is 3. The zero-order valence-corrected chi connectivity index (χ0v) is 26.2. The molecule has 1 aromatic heterocycles. The summed E-state index contributed by atoms with van der Waals surface area (Å²) in [6, 6.07) is 16.1. The Labute approximate surface area is 263 Å². The van der Waals surface area contributed by atoms with E-state index in [2.05, 4.69) is 41.7 Å². The molecule has 1 unspecified atom stereocenters. The van der Waals surface area contributed by atoms with Gasteiger partial charge in [0.2, 0.25) is 11.8 Å². The first-order valence-electron chi connectivity index (χ1n) is 15.4. The number of carboxylic acid groups (broad SMARTS) is 1. The maximum atomic E-state index is 14.0. The van der Waals surface area contributed by atoms with Crippen molar-refractivity contribution in [3.05, 3.63) is 84.1 Å². The van der Waals surface area contributed by atoms with E-state index in [-0.39, 0.29) is 29.9 Å². The summed E-state index contributed by atoms with van der Waals surface area (Å²) < 4.78 is 6.08. The predicted molar refractivity (Wildman–Crippen MR) is 170 cm³/mol. The lowest BCUT2D eigenvalue weighted by Gasteiger charge is -2.39. The van der Waals surface area contributed by atoms with Crippen molar-refractivity contribution < 1.29 is 29.0 Å². The number of rotatable bonds is 11. The molecule has 0 spiro atoms. The number of aromatic amines is 1. The number of benzene rings is 2. The van der Waals surface area contributed by atoms with Gasteiger partial charge >= 0.3 is 12.1 Å². The number of aromatic nitrogens is 1. The summed E-state index contributed by atoms with van der Waals surface area (Å²) >= 11 is 0. The predicted octanol–water partition coefficient (Wildman–Crippen LogP) is 5.02. The molecule has 45 heavy (non-hydrogen) atoms. The van der Waals surface area contributed by atoms with Gasteiger partial charge in [-0.05, 0) is 54.7 Å². The van der Waals surface area contributed by atoms with E-state index >= 15 is 0 Å². The van der Waals surface area contributed by atoms with Crippen molar-refractivity contribution in [3.8, 4) is 0 Å². The second kappa shape index (κ2) is 12.4.